The van der Waals surface area contributed by atoms with E-state index in [0.29, 0.717) is 18.1 Å². The van der Waals surface area contributed by atoms with Crippen molar-refractivity contribution in [3.63, 3.8) is 0 Å². The van der Waals surface area contributed by atoms with Crippen LogP contribution in [-0.4, -0.2) is 32.0 Å². The number of rotatable bonds is 7. The summed E-state index contributed by atoms with van der Waals surface area (Å²) in [7, 11) is 1.93. The van der Waals surface area contributed by atoms with Gasteiger partial charge in [0.05, 0.1) is 13.6 Å². The van der Waals surface area contributed by atoms with E-state index in [2.05, 4.69) is 10.6 Å². The predicted molar refractivity (Wildman–Crippen MR) is 104 cm³/mol. The molecular formula is C20H25ClN3O2+. The summed E-state index contributed by atoms with van der Waals surface area (Å²) in [6.45, 7) is 4.91. The number of aryl methyl sites for hydroxylation is 1. The summed E-state index contributed by atoms with van der Waals surface area (Å²) in [4.78, 5) is 25.1. The number of halogens is 1. The molecule has 0 heterocycles. The molecule has 0 aromatic heterocycles. The third-order valence-corrected chi connectivity index (χ3v) is 4.46. The highest BCUT2D eigenvalue weighted by Crippen LogP contribution is 2.17. The number of likely N-dealkylation sites (N-methyl/N-ethyl adjacent to an activating group) is 1. The molecule has 0 bridgehead atoms. The van der Waals surface area contributed by atoms with Crippen LogP contribution in [0.4, 0.5) is 5.69 Å². The van der Waals surface area contributed by atoms with Gasteiger partial charge in [-0.25, -0.2) is 0 Å². The Bertz CT molecular complexity index is 775. The zero-order chi connectivity index (χ0) is 19.1. The molecule has 0 saturated carbocycles. The Morgan fingerprint density at radius 2 is 1.73 bits per heavy atom. The lowest BCUT2D eigenvalue weighted by molar-refractivity contribution is -0.885. The summed E-state index contributed by atoms with van der Waals surface area (Å²) >= 11 is 5.87. The van der Waals surface area contributed by atoms with Crippen LogP contribution in [0.5, 0.6) is 0 Å². The second-order valence-electron chi connectivity index (χ2n) is 6.51. The van der Waals surface area contributed by atoms with Gasteiger partial charge in [0.1, 0.15) is 6.54 Å². The second kappa shape index (κ2) is 9.36. The number of quaternary nitrogens is 1. The normalized spacial score (nSPS) is 11.7. The molecule has 6 heteroatoms. The molecule has 0 spiro atoms. The maximum Gasteiger partial charge on any atom is 0.275 e. The van der Waals surface area contributed by atoms with Gasteiger partial charge in [0, 0.05) is 16.3 Å². The quantitative estimate of drug-likeness (QED) is 0.691. The Morgan fingerprint density at radius 1 is 1.04 bits per heavy atom. The van der Waals surface area contributed by atoms with E-state index in [4.69, 9.17) is 11.6 Å². The van der Waals surface area contributed by atoms with Crippen LogP contribution in [-0.2, 0) is 16.1 Å². The minimum Gasteiger partial charge on any atom is -0.342 e. The topological polar surface area (TPSA) is 62.6 Å². The molecule has 1 atom stereocenters. The van der Waals surface area contributed by atoms with E-state index in [-0.39, 0.29) is 18.4 Å². The molecule has 0 saturated heterocycles. The van der Waals surface area contributed by atoms with Gasteiger partial charge in [-0.1, -0.05) is 35.9 Å². The van der Waals surface area contributed by atoms with Gasteiger partial charge in [-0.05, 0) is 43.2 Å². The summed E-state index contributed by atoms with van der Waals surface area (Å²) in [6, 6.07) is 13.3. The average molecular weight is 375 g/mol. The van der Waals surface area contributed by atoms with Crippen LogP contribution in [0.2, 0.25) is 5.02 Å². The van der Waals surface area contributed by atoms with Crippen LogP contribution in [0.1, 0.15) is 16.7 Å². The van der Waals surface area contributed by atoms with E-state index < -0.39 is 0 Å². The highest BCUT2D eigenvalue weighted by atomic mass is 35.5. The SMILES string of the molecule is Cc1cccc(NC(=O)CNC(=O)C[NH+](C)Cc2ccc(Cl)cc2)c1C. The standard InChI is InChI=1S/C20H24ClN3O2/c1-14-5-4-6-18(15(14)2)23-19(25)11-22-20(26)13-24(3)12-16-7-9-17(21)10-8-16/h4-10H,11-13H2,1-3H3,(H,22,26)(H,23,25)/p+1. The van der Waals surface area contributed by atoms with E-state index in [0.717, 1.165) is 27.3 Å². The van der Waals surface area contributed by atoms with Crippen molar-refractivity contribution in [1.29, 1.82) is 0 Å². The Kier molecular flexibility index (Phi) is 7.18. The van der Waals surface area contributed by atoms with Gasteiger partial charge in [-0.2, -0.15) is 0 Å². The lowest BCUT2D eigenvalue weighted by Gasteiger charge is -2.14. The molecule has 0 aliphatic rings. The fourth-order valence-corrected chi connectivity index (χ4v) is 2.74. The first-order chi connectivity index (χ1) is 12.3. The van der Waals surface area contributed by atoms with Crippen molar-refractivity contribution in [1.82, 2.24) is 5.32 Å². The van der Waals surface area contributed by atoms with Crippen molar-refractivity contribution in [3.8, 4) is 0 Å². The van der Waals surface area contributed by atoms with E-state index in [9.17, 15) is 9.59 Å². The van der Waals surface area contributed by atoms with Gasteiger partial charge in [-0.15, -0.1) is 0 Å². The highest BCUT2D eigenvalue weighted by molar-refractivity contribution is 6.30. The first-order valence-corrected chi connectivity index (χ1v) is 8.91. The fraction of sp³-hybridized carbons (Fsp3) is 0.300. The van der Waals surface area contributed by atoms with E-state index in [1.165, 1.54) is 0 Å². The fourth-order valence-electron chi connectivity index (χ4n) is 2.61. The lowest BCUT2D eigenvalue weighted by Crippen LogP contribution is -3.08. The molecule has 2 aromatic carbocycles. The van der Waals surface area contributed by atoms with Gasteiger partial charge < -0.3 is 15.5 Å². The molecule has 1 unspecified atom stereocenters. The molecule has 3 N–H and O–H groups in total. The number of hydrogen-bond donors (Lipinski definition) is 3. The number of nitrogens with one attached hydrogen (secondary N) is 3. The summed E-state index contributed by atoms with van der Waals surface area (Å²) in [5.74, 6) is -0.394. The van der Waals surface area contributed by atoms with Crippen LogP contribution in [0.3, 0.4) is 0 Å². The van der Waals surface area contributed by atoms with E-state index in [1.807, 2.05) is 63.4 Å². The zero-order valence-corrected chi connectivity index (χ0v) is 16.1. The van der Waals surface area contributed by atoms with Crippen LogP contribution in [0, 0.1) is 13.8 Å². The number of benzene rings is 2. The molecule has 2 rings (SSSR count). The Labute approximate surface area is 159 Å². The van der Waals surface area contributed by atoms with Gasteiger partial charge in [0.2, 0.25) is 5.91 Å². The molecule has 0 aliphatic carbocycles. The molecule has 0 fully saturated rings. The molecule has 2 amide bonds. The van der Waals surface area contributed by atoms with Crippen LogP contribution in [0.25, 0.3) is 0 Å². The first kappa shape index (κ1) is 19.9. The summed E-state index contributed by atoms with van der Waals surface area (Å²) < 4.78 is 0. The van der Waals surface area contributed by atoms with E-state index in [1.54, 1.807) is 0 Å². The minimum atomic E-state index is -0.234. The van der Waals surface area contributed by atoms with Crippen molar-refractivity contribution in [2.45, 2.75) is 20.4 Å². The van der Waals surface area contributed by atoms with Gasteiger partial charge >= 0.3 is 0 Å². The van der Waals surface area contributed by atoms with Crippen molar-refractivity contribution in [2.75, 3.05) is 25.5 Å². The molecule has 5 nitrogen and oxygen atoms in total. The van der Waals surface area contributed by atoms with E-state index >= 15 is 0 Å². The largest absolute Gasteiger partial charge is 0.342 e. The van der Waals surface area contributed by atoms with Gasteiger partial charge in [-0.3, -0.25) is 9.59 Å². The summed E-state index contributed by atoms with van der Waals surface area (Å²) in [5, 5.41) is 6.20. The summed E-state index contributed by atoms with van der Waals surface area (Å²) in [6.07, 6.45) is 0. The molecule has 0 aliphatic heterocycles. The molecule has 26 heavy (non-hydrogen) atoms. The van der Waals surface area contributed by atoms with Crippen molar-refractivity contribution in [2.24, 2.45) is 0 Å². The second-order valence-corrected chi connectivity index (χ2v) is 6.95. The molecule has 2 aromatic rings. The third-order valence-electron chi connectivity index (χ3n) is 4.21. The maximum absolute atomic E-state index is 12.0. The van der Waals surface area contributed by atoms with Gasteiger partial charge in [0.15, 0.2) is 6.54 Å². The lowest BCUT2D eigenvalue weighted by atomic mass is 10.1. The first-order valence-electron chi connectivity index (χ1n) is 8.53. The van der Waals surface area contributed by atoms with Crippen LogP contribution < -0.4 is 15.5 Å². The number of anilines is 1. The number of hydrogen-bond acceptors (Lipinski definition) is 2. The predicted octanol–water partition coefficient (Wildman–Crippen LogP) is 1.73. The molecule has 138 valence electrons. The number of carbonyl (C=O) groups excluding carboxylic acids is 2. The monoisotopic (exact) mass is 374 g/mol. The van der Waals surface area contributed by atoms with Crippen molar-refractivity contribution in [3.05, 3.63) is 64.2 Å². The summed E-state index contributed by atoms with van der Waals surface area (Å²) in [5.41, 5.74) is 4.01. The minimum absolute atomic E-state index is 0.0412. The van der Waals surface area contributed by atoms with Crippen LogP contribution >= 0.6 is 11.6 Å². The highest BCUT2D eigenvalue weighted by Gasteiger charge is 2.12. The molecular weight excluding hydrogens is 350 g/mol. The Morgan fingerprint density at radius 3 is 2.42 bits per heavy atom. The van der Waals surface area contributed by atoms with Crippen molar-refractivity contribution >= 4 is 29.1 Å². The van der Waals surface area contributed by atoms with Crippen molar-refractivity contribution < 1.29 is 14.5 Å². The maximum atomic E-state index is 12.0. The zero-order valence-electron chi connectivity index (χ0n) is 15.4. The third kappa shape index (κ3) is 6.17. The smallest absolute Gasteiger partial charge is 0.275 e. The average Bonchev–Trinajstić information content (AvgIpc) is 2.59. The van der Waals surface area contributed by atoms with Crippen LogP contribution in [0.15, 0.2) is 42.5 Å². The Balaban J connectivity index is 1.76. The number of amides is 2. The Hall–Kier alpha value is -2.37. The molecule has 0 radical (unpaired) electrons. The number of carbonyl (C=O) groups is 2. The van der Waals surface area contributed by atoms with Gasteiger partial charge in [0.25, 0.3) is 5.91 Å².